The van der Waals surface area contributed by atoms with E-state index in [-0.39, 0.29) is 11.4 Å². The number of hydrogen-bond donors (Lipinski definition) is 1. The summed E-state index contributed by atoms with van der Waals surface area (Å²) in [5, 5.41) is 14.0. The Labute approximate surface area is 122 Å². The van der Waals surface area contributed by atoms with Crippen molar-refractivity contribution in [1.82, 2.24) is 9.97 Å². The number of nitro groups is 1. The molecule has 0 radical (unpaired) electrons. The van der Waals surface area contributed by atoms with E-state index in [1.165, 1.54) is 12.3 Å². The lowest BCUT2D eigenvalue weighted by Gasteiger charge is -2.08. The number of anilines is 1. The Bertz CT molecular complexity index is 646. The molecule has 110 valence electrons. The minimum absolute atomic E-state index is 0.0663. The van der Waals surface area contributed by atoms with Crippen LogP contribution in [0, 0.1) is 10.1 Å². The van der Waals surface area contributed by atoms with E-state index < -0.39 is 4.92 Å². The van der Waals surface area contributed by atoms with Crippen LogP contribution >= 0.6 is 0 Å². The van der Waals surface area contributed by atoms with Gasteiger partial charge in [-0.15, -0.1) is 0 Å². The average molecular weight is 288 g/mol. The van der Waals surface area contributed by atoms with E-state index in [9.17, 15) is 10.1 Å². The van der Waals surface area contributed by atoms with Crippen molar-refractivity contribution in [3.05, 3.63) is 40.7 Å². The third kappa shape index (κ3) is 3.44. The van der Waals surface area contributed by atoms with Gasteiger partial charge in [0.1, 0.15) is 11.6 Å². The zero-order valence-electron chi connectivity index (χ0n) is 11.9. The number of aromatic nitrogens is 2. The maximum atomic E-state index is 11.1. The second-order valence-corrected chi connectivity index (χ2v) is 4.33. The molecule has 0 unspecified atom stereocenters. The van der Waals surface area contributed by atoms with Gasteiger partial charge >= 0.3 is 0 Å². The summed E-state index contributed by atoms with van der Waals surface area (Å²) >= 11 is 0. The highest BCUT2D eigenvalue weighted by molar-refractivity contribution is 5.71. The van der Waals surface area contributed by atoms with Gasteiger partial charge in [0.25, 0.3) is 5.69 Å². The molecule has 0 aromatic carbocycles. The summed E-state index contributed by atoms with van der Waals surface area (Å²) in [6.07, 6.45) is 3.98. The molecule has 7 nitrogen and oxygen atoms in total. The Morgan fingerprint density at radius 3 is 2.86 bits per heavy atom. The van der Waals surface area contributed by atoms with Gasteiger partial charge in [-0.1, -0.05) is 6.92 Å². The monoisotopic (exact) mass is 288 g/mol. The number of nitrogens with zero attached hydrogens (tertiary/aromatic N) is 3. The first kappa shape index (κ1) is 14.7. The summed E-state index contributed by atoms with van der Waals surface area (Å²) in [5.41, 5.74) is 0.747. The molecule has 0 amide bonds. The highest BCUT2D eigenvalue weighted by atomic mass is 16.6. The van der Waals surface area contributed by atoms with E-state index in [0.717, 1.165) is 6.42 Å². The summed E-state index contributed by atoms with van der Waals surface area (Å²) in [5.74, 6) is 1.12. The van der Waals surface area contributed by atoms with Crippen LogP contribution in [0.5, 0.6) is 5.75 Å². The van der Waals surface area contributed by atoms with Gasteiger partial charge in [0.2, 0.25) is 0 Å². The smallest absolute Gasteiger partial charge is 0.295 e. The fourth-order valence-corrected chi connectivity index (χ4v) is 1.80. The zero-order valence-corrected chi connectivity index (χ0v) is 11.9. The molecular formula is C14H16N4O3. The van der Waals surface area contributed by atoms with Crippen molar-refractivity contribution < 1.29 is 9.66 Å². The van der Waals surface area contributed by atoms with Crippen molar-refractivity contribution in [2.45, 2.75) is 13.3 Å². The van der Waals surface area contributed by atoms with Crippen molar-refractivity contribution in [2.24, 2.45) is 0 Å². The predicted octanol–water partition coefficient (Wildman–Crippen LogP) is 2.88. The predicted molar refractivity (Wildman–Crippen MR) is 79.5 cm³/mol. The van der Waals surface area contributed by atoms with Crippen molar-refractivity contribution in [2.75, 3.05) is 19.0 Å². The minimum Gasteiger partial charge on any atom is -0.492 e. The van der Waals surface area contributed by atoms with Gasteiger partial charge in [0.05, 0.1) is 17.7 Å². The molecule has 7 heteroatoms. The number of rotatable bonds is 6. The molecule has 0 aliphatic heterocycles. The Hall–Kier alpha value is -2.70. The molecule has 0 spiro atoms. The van der Waals surface area contributed by atoms with Crippen LogP contribution in [0.1, 0.15) is 13.3 Å². The van der Waals surface area contributed by atoms with Crippen molar-refractivity contribution in [3.63, 3.8) is 0 Å². The Kier molecular flexibility index (Phi) is 4.65. The molecule has 2 heterocycles. The van der Waals surface area contributed by atoms with Crippen molar-refractivity contribution in [3.8, 4) is 17.0 Å². The molecule has 0 fully saturated rings. The molecule has 1 N–H and O–H groups in total. The first-order chi connectivity index (χ1) is 10.2. The lowest BCUT2D eigenvalue weighted by molar-refractivity contribution is -0.384. The van der Waals surface area contributed by atoms with E-state index in [0.29, 0.717) is 23.7 Å². The summed E-state index contributed by atoms with van der Waals surface area (Å²) in [4.78, 5) is 19.0. The van der Waals surface area contributed by atoms with Crippen LogP contribution in [0.25, 0.3) is 11.3 Å². The molecule has 0 bridgehead atoms. The third-order valence-corrected chi connectivity index (χ3v) is 2.79. The van der Waals surface area contributed by atoms with E-state index in [1.54, 1.807) is 25.4 Å². The van der Waals surface area contributed by atoms with E-state index >= 15 is 0 Å². The van der Waals surface area contributed by atoms with Crippen LogP contribution in [0.15, 0.2) is 30.6 Å². The second-order valence-electron chi connectivity index (χ2n) is 4.33. The quantitative estimate of drug-likeness (QED) is 0.649. The summed E-state index contributed by atoms with van der Waals surface area (Å²) in [6, 6.07) is 4.69. The molecular weight excluding hydrogens is 272 g/mol. The van der Waals surface area contributed by atoms with Crippen LogP contribution in [0.4, 0.5) is 11.5 Å². The van der Waals surface area contributed by atoms with Gasteiger partial charge < -0.3 is 10.1 Å². The fourth-order valence-electron chi connectivity index (χ4n) is 1.80. The molecule has 0 atom stereocenters. The SMILES string of the molecule is CCCOc1cncc(-c2nc(NC)ccc2[N+](=O)[O-])c1. The van der Waals surface area contributed by atoms with Gasteiger partial charge in [-0.2, -0.15) is 0 Å². The van der Waals surface area contributed by atoms with Crippen molar-refractivity contribution in [1.29, 1.82) is 0 Å². The number of nitrogens with one attached hydrogen (secondary N) is 1. The van der Waals surface area contributed by atoms with Crippen LogP contribution in [0.2, 0.25) is 0 Å². The van der Waals surface area contributed by atoms with Gasteiger partial charge in [-0.3, -0.25) is 15.1 Å². The van der Waals surface area contributed by atoms with Gasteiger partial charge in [0, 0.05) is 24.9 Å². The maximum absolute atomic E-state index is 11.1. The topological polar surface area (TPSA) is 90.2 Å². The number of pyridine rings is 2. The molecule has 0 saturated carbocycles. The molecule has 0 saturated heterocycles. The maximum Gasteiger partial charge on any atom is 0.295 e. The number of hydrogen-bond acceptors (Lipinski definition) is 6. The molecule has 2 aromatic rings. The van der Waals surface area contributed by atoms with Crippen LogP contribution < -0.4 is 10.1 Å². The minimum atomic E-state index is -0.457. The summed E-state index contributed by atoms with van der Waals surface area (Å²) in [7, 11) is 1.71. The largest absolute Gasteiger partial charge is 0.492 e. The molecule has 0 aliphatic rings. The molecule has 0 aliphatic carbocycles. The Morgan fingerprint density at radius 1 is 1.38 bits per heavy atom. The Balaban J connectivity index is 2.46. The second kappa shape index (κ2) is 6.65. The molecule has 21 heavy (non-hydrogen) atoms. The van der Waals surface area contributed by atoms with E-state index in [1.807, 2.05) is 6.92 Å². The van der Waals surface area contributed by atoms with Crippen LogP contribution in [-0.2, 0) is 0 Å². The first-order valence-corrected chi connectivity index (χ1v) is 6.57. The molecule has 2 rings (SSSR count). The summed E-state index contributed by atoms with van der Waals surface area (Å²) < 4.78 is 5.50. The van der Waals surface area contributed by atoms with Gasteiger partial charge in [-0.05, 0) is 18.6 Å². The summed E-state index contributed by atoms with van der Waals surface area (Å²) in [6.45, 7) is 2.57. The third-order valence-electron chi connectivity index (χ3n) is 2.79. The van der Waals surface area contributed by atoms with Crippen LogP contribution in [-0.4, -0.2) is 28.5 Å². The lowest BCUT2D eigenvalue weighted by atomic mass is 10.1. The zero-order chi connectivity index (χ0) is 15.2. The Morgan fingerprint density at radius 2 is 2.19 bits per heavy atom. The van der Waals surface area contributed by atoms with Gasteiger partial charge in [-0.25, -0.2) is 4.98 Å². The van der Waals surface area contributed by atoms with Crippen LogP contribution in [0.3, 0.4) is 0 Å². The van der Waals surface area contributed by atoms with E-state index in [2.05, 4.69) is 15.3 Å². The molecule has 2 aromatic heterocycles. The number of ether oxygens (including phenoxy) is 1. The van der Waals surface area contributed by atoms with E-state index in [4.69, 9.17) is 4.74 Å². The van der Waals surface area contributed by atoms with Crippen molar-refractivity contribution >= 4 is 11.5 Å². The first-order valence-electron chi connectivity index (χ1n) is 6.57. The standard InChI is InChI=1S/C14H16N4O3/c1-3-6-21-11-7-10(8-16-9-11)14-12(18(19)20)4-5-13(15-2)17-14/h4-5,7-9H,3,6H2,1-2H3,(H,15,17). The lowest BCUT2D eigenvalue weighted by Crippen LogP contribution is -2.00. The highest BCUT2D eigenvalue weighted by Gasteiger charge is 2.18. The fraction of sp³-hybridized carbons (Fsp3) is 0.286. The average Bonchev–Trinajstić information content (AvgIpc) is 2.52. The highest BCUT2D eigenvalue weighted by Crippen LogP contribution is 2.30. The van der Waals surface area contributed by atoms with Gasteiger partial charge in [0.15, 0.2) is 5.69 Å². The normalized spacial score (nSPS) is 10.2.